The standard InChI is InChI=1S/C11H12O/c1-9-4-3-5-11(6-9)7-10(2)8-12/h3-8H,1-2H3/b10-7+. The molecule has 62 valence electrons. The fourth-order valence-electron chi connectivity index (χ4n) is 1.06. The van der Waals surface area contributed by atoms with Gasteiger partial charge in [-0.05, 0) is 31.1 Å². The normalized spacial score (nSPS) is 11.3. The Morgan fingerprint density at radius 1 is 1.42 bits per heavy atom. The van der Waals surface area contributed by atoms with Gasteiger partial charge in [0.15, 0.2) is 0 Å². The minimum absolute atomic E-state index is 0.751. The van der Waals surface area contributed by atoms with Crippen LogP contribution in [0.5, 0.6) is 0 Å². The lowest BCUT2D eigenvalue weighted by molar-refractivity contribution is -0.104. The van der Waals surface area contributed by atoms with Gasteiger partial charge in [-0.3, -0.25) is 4.79 Å². The SMILES string of the molecule is C/C(C=O)=C\c1cccc(C)c1. The average molecular weight is 160 g/mol. The van der Waals surface area contributed by atoms with E-state index < -0.39 is 0 Å². The number of aldehydes is 1. The van der Waals surface area contributed by atoms with Crippen LogP contribution in [0, 0.1) is 6.92 Å². The maximum atomic E-state index is 10.3. The number of allylic oxidation sites excluding steroid dienone is 1. The van der Waals surface area contributed by atoms with Gasteiger partial charge in [0, 0.05) is 0 Å². The molecule has 1 rings (SSSR count). The molecular weight excluding hydrogens is 148 g/mol. The van der Waals surface area contributed by atoms with Crippen molar-refractivity contribution in [2.45, 2.75) is 13.8 Å². The molecule has 0 heterocycles. The molecule has 0 aliphatic rings. The molecule has 1 nitrogen and oxygen atoms in total. The van der Waals surface area contributed by atoms with E-state index in [1.54, 1.807) is 6.92 Å². The fourth-order valence-corrected chi connectivity index (χ4v) is 1.06. The molecule has 0 aromatic heterocycles. The Labute approximate surface area is 72.7 Å². The summed E-state index contributed by atoms with van der Waals surface area (Å²) in [6.07, 6.45) is 2.74. The zero-order valence-electron chi connectivity index (χ0n) is 7.37. The number of carbonyl (C=O) groups is 1. The smallest absolute Gasteiger partial charge is 0.145 e. The summed E-state index contributed by atoms with van der Waals surface area (Å²) in [6.45, 7) is 3.84. The summed E-state index contributed by atoms with van der Waals surface area (Å²) in [5, 5.41) is 0. The van der Waals surface area contributed by atoms with E-state index in [1.807, 2.05) is 37.3 Å². The summed E-state index contributed by atoms with van der Waals surface area (Å²) in [7, 11) is 0. The van der Waals surface area contributed by atoms with Crippen LogP contribution < -0.4 is 0 Å². The number of rotatable bonds is 2. The Kier molecular flexibility index (Phi) is 2.81. The lowest BCUT2D eigenvalue weighted by Crippen LogP contribution is -1.78. The van der Waals surface area contributed by atoms with Gasteiger partial charge in [0.2, 0.25) is 0 Å². The highest BCUT2D eigenvalue weighted by Crippen LogP contribution is 2.07. The van der Waals surface area contributed by atoms with Crippen molar-refractivity contribution in [3.8, 4) is 0 Å². The van der Waals surface area contributed by atoms with E-state index in [4.69, 9.17) is 0 Å². The zero-order valence-corrected chi connectivity index (χ0v) is 7.37. The molecule has 0 amide bonds. The molecule has 0 N–H and O–H groups in total. The maximum absolute atomic E-state index is 10.3. The highest BCUT2D eigenvalue weighted by atomic mass is 16.1. The molecule has 0 spiro atoms. The van der Waals surface area contributed by atoms with E-state index >= 15 is 0 Å². The van der Waals surface area contributed by atoms with Gasteiger partial charge >= 0.3 is 0 Å². The number of hydrogen-bond donors (Lipinski definition) is 0. The third-order valence-electron chi connectivity index (χ3n) is 1.62. The summed E-state index contributed by atoms with van der Waals surface area (Å²) in [5.41, 5.74) is 3.04. The summed E-state index contributed by atoms with van der Waals surface area (Å²) < 4.78 is 0. The van der Waals surface area contributed by atoms with E-state index in [-0.39, 0.29) is 0 Å². The van der Waals surface area contributed by atoms with Gasteiger partial charge in [-0.1, -0.05) is 29.8 Å². The second-order valence-corrected chi connectivity index (χ2v) is 2.92. The molecule has 0 saturated carbocycles. The minimum Gasteiger partial charge on any atom is -0.298 e. The topological polar surface area (TPSA) is 17.1 Å². The molecule has 0 atom stereocenters. The second kappa shape index (κ2) is 3.86. The van der Waals surface area contributed by atoms with E-state index in [0.717, 1.165) is 17.4 Å². The quantitative estimate of drug-likeness (QED) is 0.480. The molecule has 1 aromatic carbocycles. The van der Waals surface area contributed by atoms with Crippen molar-refractivity contribution in [1.29, 1.82) is 0 Å². The number of carbonyl (C=O) groups excluding carboxylic acids is 1. The molecular formula is C11H12O. The summed E-state index contributed by atoms with van der Waals surface area (Å²) in [5.74, 6) is 0. The van der Waals surface area contributed by atoms with Crippen molar-refractivity contribution >= 4 is 12.4 Å². The largest absolute Gasteiger partial charge is 0.298 e. The van der Waals surface area contributed by atoms with Crippen molar-refractivity contribution in [2.75, 3.05) is 0 Å². The Hall–Kier alpha value is -1.37. The number of aryl methyl sites for hydroxylation is 1. The van der Waals surface area contributed by atoms with Gasteiger partial charge in [-0.25, -0.2) is 0 Å². The van der Waals surface area contributed by atoms with Crippen LogP contribution in [0.15, 0.2) is 29.8 Å². The number of benzene rings is 1. The predicted molar refractivity (Wildman–Crippen MR) is 50.9 cm³/mol. The molecule has 0 aliphatic heterocycles. The van der Waals surface area contributed by atoms with Crippen LogP contribution in [0.4, 0.5) is 0 Å². The first-order valence-electron chi connectivity index (χ1n) is 3.92. The third kappa shape index (κ3) is 2.35. The molecule has 0 radical (unpaired) electrons. The van der Waals surface area contributed by atoms with Gasteiger partial charge in [-0.2, -0.15) is 0 Å². The lowest BCUT2D eigenvalue weighted by atomic mass is 10.1. The second-order valence-electron chi connectivity index (χ2n) is 2.92. The van der Waals surface area contributed by atoms with Crippen LogP contribution in [0.2, 0.25) is 0 Å². The molecule has 0 unspecified atom stereocenters. The van der Waals surface area contributed by atoms with Crippen LogP contribution in [0.3, 0.4) is 0 Å². The summed E-state index contributed by atoms with van der Waals surface area (Å²) in [6, 6.07) is 8.06. The predicted octanol–water partition coefficient (Wildman–Crippen LogP) is 2.60. The van der Waals surface area contributed by atoms with Crippen LogP contribution in [0.25, 0.3) is 6.08 Å². The van der Waals surface area contributed by atoms with Gasteiger partial charge < -0.3 is 0 Å². The van der Waals surface area contributed by atoms with E-state index in [0.29, 0.717) is 0 Å². The van der Waals surface area contributed by atoms with E-state index in [1.165, 1.54) is 5.56 Å². The van der Waals surface area contributed by atoms with Crippen molar-refractivity contribution in [3.05, 3.63) is 41.0 Å². The first-order valence-corrected chi connectivity index (χ1v) is 3.92. The molecule has 0 bridgehead atoms. The van der Waals surface area contributed by atoms with Gasteiger partial charge in [0.1, 0.15) is 6.29 Å². The highest BCUT2D eigenvalue weighted by Gasteiger charge is 1.89. The molecule has 0 aliphatic carbocycles. The van der Waals surface area contributed by atoms with Gasteiger partial charge in [0.25, 0.3) is 0 Å². The molecule has 1 aromatic rings. The average Bonchev–Trinajstić information content (AvgIpc) is 2.04. The van der Waals surface area contributed by atoms with Crippen LogP contribution in [-0.2, 0) is 4.79 Å². The van der Waals surface area contributed by atoms with Crippen molar-refractivity contribution in [1.82, 2.24) is 0 Å². The Morgan fingerprint density at radius 3 is 2.75 bits per heavy atom. The lowest BCUT2D eigenvalue weighted by Gasteiger charge is -1.95. The zero-order chi connectivity index (χ0) is 8.97. The minimum atomic E-state index is 0.751. The monoisotopic (exact) mass is 160 g/mol. The van der Waals surface area contributed by atoms with Crippen molar-refractivity contribution in [2.24, 2.45) is 0 Å². The Morgan fingerprint density at radius 2 is 2.17 bits per heavy atom. The van der Waals surface area contributed by atoms with Crippen molar-refractivity contribution in [3.63, 3.8) is 0 Å². The van der Waals surface area contributed by atoms with Crippen LogP contribution >= 0.6 is 0 Å². The molecule has 12 heavy (non-hydrogen) atoms. The van der Waals surface area contributed by atoms with E-state index in [9.17, 15) is 4.79 Å². The summed E-state index contributed by atoms with van der Waals surface area (Å²) >= 11 is 0. The molecule has 0 fully saturated rings. The van der Waals surface area contributed by atoms with Gasteiger partial charge in [0.05, 0.1) is 0 Å². The first-order chi connectivity index (χ1) is 5.72. The van der Waals surface area contributed by atoms with Crippen LogP contribution in [0.1, 0.15) is 18.1 Å². The fraction of sp³-hybridized carbons (Fsp3) is 0.182. The van der Waals surface area contributed by atoms with Gasteiger partial charge in [-0.15, -0.1) is 0 Å². The summed E-state index contributed by atoms with van der Waals surface area (Å²) in [4.78, 5) is 10.3. The molecule has 0 saturated heterocycles. The van der Waals surface area contributed by atoms with E-state index in [2.05, 4.69) is 0 Å². The van der Waals surface area contributed by atoms with Crippen LogP contribution in [-0.4, -0.2) is 6.29 Å². The molecule has 1 heteroatoms. The Bertz CT molecular complexity index is 311. The first kappa shape index (κ1) is 8.72. The van der Waals surface area contributed by atoms with Crippen molar-refractivity contribution < 1.29 is 4.79 Å². The Balaban J connectivity index is 2.97. The maximum Gasteiger partial charge on any atom is 0.145 e. The highest BCUT2D eigenvalue weighted by molar-refractivity contribution is 5.80. The number of hydrogen-bond acceptors (Lipinski definition) is 1. The third-order valence-corrected chi connectivity index (χ3v) is 1.62.